The molecule has 0 heterocycles. The first-order valence-corrected chi connectivity index (χ1v) is 9.81. The fraction of sp³-hybridized carbons (Fsp3) is 0.364. The van der Waals surface area contributed by atoms with Crippen LogP contribution >= 0.6 is 0 Å². The van der Waals surface area contributed by atoms with Crippen molar-refractivity contribution >= 4 is 17.7 Å². The summed E-state index contributed by atoms with van der Waals surface area (Å²) >= 11 is 0. The fourth-order valence-corrected chi connectivity index (χ4v) is 2.53. The zero-order valence-corrected chi connectivity index (χ0v) is 17.6. The van der Waals surface area contributed by atoms with Gasteiger partial charge >= 0.3 is 12.1 Å². The maximum atomic E-state index is 12.7. The van der Waals surface area contributed by atoms with Gasteiger partial charge in [0.2, 0.25) is 0 Å². The van der Waals surface area contributed by atoms with Crippen LogP contribution in [0.3, 0.4) is 0 Å². The van der Waals surface area contributed by atoms with E-state index >= 15 is 0 Å². The van der Waals surface area contributed by atoms with Gasteiger partial charge in [-0.15, -0.1) is 0 Å². The number of hydrogen-bond acceptors (Lipinski definition) is 7. The van der Waals surface area contributed by atoms with Gasteiger partial charge in [0.25, 0.3) is 5.69 Å². The summed E-state index contributed by atoms with van der Waals surface area (Å²) in [5, 5.41) is 13.2. The minimum Gasteiger partial charge on any atom is -0.459 e. The Labute approximate surface area is 180 Å². The molecule has 2 unspecified atom stereocenters. The monoisotopic (exact) mass is 430 g/mol. The molecular weight excluding hydrogens is 404 g/mol. The molecule has 1 amide bonds. The van der Waals surface area contributed by atoms with E-state index in [4.69, 9.17) is 14.2 Å². The average molecular weight is 430 g/mol. The van der Waals surface area contributed by atoms with Crippen molar-refractivity contribution in [3.8, 4) is 5.75 Å². The van der Waals surface area contributed by atoms with Gasteiger partial charge in [-0.2, -0.15) is 0 Å². The van der Waals surface area contributed by atoms with Gasteiger partial charge in [-0.3, -0.25) is 10.1 Å². The van der Waals surface area contributed by atoms with Crippen molar-refractivity contribution in [1.29, 1.82) is 0 Å². The molecular formula is C22H26N2O7. The number of carbonyl (C=O) groups excluding carboxylic acids is 2. The van der Waals surface area contributed by atoms with Gasteiger partial charge in [-0.25, -0.2) is 9.59 Å². The number of amides is 1. The normalized spacial score (nSPS) is 12.6. The van der Waals surface area contributed by atoms with Crippen LogP contribution in [0.25, 0.3) is 0 Å². The van der Waals surface area contributed by atoms with Gasteiger partial charge in [0.05, 0.1) is 11.0 Å². The first-order chi connectivity index (χ1) is 14.8. The van der Waals surface area contributed by atoms with Crippen LogP contribution < -0.4 is 10.1 Å². The van der Waals surface area contributed by atoms with Gasteiger partial charge in [-0.1, -0.05) is 44.2 Å². The van der Waals surface area contributed by atoms with Crippen molar-refractivity contribution in [3.05, 3.63) is 70.3 Å². The summed E-state index contributed by atoms with van der Waals surface area (Å²) in [7, 11) is 0. The predicted molar refractivity (Wildman–Crippen MR) is 113 cm³/mol. The van der Waals surface area contributed by atoms with Crippen molar-refractivity contribution < 1.29 is 28.7 Å². The van der Waals surface area contributed by atoms with Crippen LogP contribution in [0.2, 0.25) is 0 Å². The zero-order valence-electron chi connectivity index (χ0n) is 17.6. The van der Waals surface area contributed by atoms with Gasteiger partial charge in [-0.05, 0) is 30.5 Å². The lowest BCUT2D eigenvalue weighted by molar-refractivity contribution is -0.384. The molecule has 0 aliphatic heterocycles. The molecule has 0 aliphatic carbocycles. The van der Waals surface area contributed by atoms with E-state index in [1.54, 1.807) is 6.92 Å². The first kappa shape index (κ1) is 23.8. The van der Waals surface area contributed by atoms with Gasteiger partial charge < -0.3 is 19.5 Å². The summed E-state index contributed by atoms with van der Waals surface area (Å²) in [5.74, 6) is -0.341. The number of rotatable bonds is 10. The molecule has 0 saturated heterocycles. The topological polar surface area (TPSA) is 117 Å². The van der Waals surface area contributed by atoms with Crippen molar-refractivity contribution in [2.24, 2.45) is 5.92 Å². The lowest BCUT2D eigenvalue weighted by Gasteiger charge is -2.24. The molecule has 0 aliphatic rings. The minimum atomic E-state index is -1.10. The second-order valence-electron chi connectivity index (χ2n) is 7.29. The molecule has 9 heteroatoms. The van der Waals surface area contributed by atoms with E-state index in [0.717, 1.165) is 5.56 Å². The summed E-state index contributed by atoms with van der Waals surface area (Å²) < 4.78 is 16.2. The summed E-state index contributed by atoms with van der Waals surface area (Å²) in [6.45, 7) is 6.02. The SMILES string of the molecule is CC(C)COC(C)C(NC(=O)Oc1ccc([N+](=O)[O-])cc1)C(=O)OCc1ccccc1. The summed E-state index contributed by atoms with van der Waals surface area (Å²) in [6.07, 6.45) is -1.58. The lowest BCUT2D eigenvalue weighted by Crippen LogP contribution is -2.50. The van der Waals surface area contributed by atoms with E-state index in [1.165, 1.54) is 24.3 Å². The van der Waals surface area contributed by atoms with Crippen molar-refractivity contribution in [1.82, 2.24) is 5.32 Å². The average Bonchev–Trinajstić information content (AvgIpc) is 2.75. The third kappa shape index (κ3) is 8.06. The summed E-state index contributed by atoms with van der Waals surface area (Å²) in [6, 6.07) is 13.0. The number of hydrogen-bond donors (Lipinski definition) is 1. The largest absolute Gasteiger partial charge is 0.459 e. The van der Waals surface area contributed by atoms with Crippen LogP contribution in [0, 0.1) is 16.0 Å². The van der Waals surface area contributed by atoms with Crippen molar-refractivity contribution in [2.45, 2.75) is 39.5 Å². The van der Waals surface area contributed by atoms with Crippen LogP contribution in [0.1, 0.15) is 26.3 Å². The molecule has 166 valence electrons. The lowest BCUT2D eigenvalue weighted by atomic mass is 10.1. The van der Waals surface area contributed by atoms with Crippen molar-refractivity contribution in [3.63, 3.8) is 0 Å². The molecule has 0 aromatic heterocycles. The molecule has 0 spiro atoms. The highest BCUT2D eigenvalue weighted by Crippen LogP contribution is 2.17. The Hall–Kier alpha value is -3.46. The van der Waals surface area contributed by atoms with Gasteiger partial charge in [0.1, 0.15) is 12.4 Å². The maximum Gasteiger partial charge on any atom is 0.413 e. The van der Waals surface area contributed by atoms with Gasteiger partial charge in [0, 0.05) is 18.7 Å². The van der Waals surface area contributed by atoms with E-state index in [0.29, 0.717) is 6.61 Å². The summed E-state index contributed by atoms with van der Waals surface area (Å²) in [5.41, 5.74) is 0.671. The Morgan fingerprint density at radius 3 is 2.26 bits per heavy atom. The minimum absolute atomic E-state index is 0.0478. The van der Waals surface area contributed by atoms with Crippen LogP contribution in [-0.4, -0.2) is 35.7 Å². The third-order valence-electron chi connectivity index (χ3n) is 4.17. The highest BCUT2D eigenvalue weighted by molar-refractivity contribution is 5.82. The van der Waals surface area contributed by atoms with Crippen LogP contribution in [0.15, 0.2) is 54.6 Å². The van der Waals surface area contributed by atoms with Crippen LogP contribution in [0.5, 0.6) is 5.75 Å². The number of nitrogens with one attached hydrogen (secondary N) is 1. The Bertz CT molecular complexity index is 869. The number of esters is 1. The molecule has 0 bridgehead atoms. The standard InChI is InChI=1S/C22H26N2O7/c1-15(2)13-29-16(3)20(21(25)30-14-17-7-5-4-6-8-17)23-22(26)31-19-11-9-18(10-12-19)24(27)28/h4-12,15-16,20H,13-14H2,1-3H3,(H,23,26). The molecule has 0 radical (unpaired) electrons. The number of non-ortho nitro benzene ring substituents is 1. The summed E-state index contributed by atoms with van der Waals surface area (Å²) in [4.78, 5) is 35.2. The molecule has 31 heavy (non-hydrogen) atoms. The number of nitrogens with zero attached hydrogens (tertiary/aromatic N) is 1. The fourth-order valence-electron chi connectivity index (χ4n) is 2.53. The molecule has 1 N–H and O–H groups in total. The number of nitro groups is 1. The predicted octanol–water partition coefficient (Wildman–Crippen LogP) is 3.86. The van der Waals surface area contributed by atoms with E-state index in [1.807, 2.05) is 44.2 Å². The highest BCUT2D eigenvalue weighted by atomic mass is 16.6. The van der Waals surface area contributed by atoms with E-state index in [9.17, 15) is 19.7 Å². The first-order valence-electron chi connectivity index (χ1n) is 9.81. The number of carbonyl (C=O) groups is 2. The molecule has 9 nitrogen and oxygen atoms in total. The van der Waals surface area contributed by atoms with Crippen LogP contribution in [-0.2, 0) is 20.9 Å². The highest BCUT2D eigenvalue weighted by Gasteiger charge is 2.30. The molecule has 0 saturated carbocycles. The Morgan fingerprint density at radius 1 is 1.03 bits per heavy atom. The molecule has 2 aromatic rings. The maximum absolute atomic E-state index is 12.7. The second kappa shape index (κ2) is 11.7. The molecule has 2 atom stereocenters. The van der Waals surface area contributed by atoms with E-state index in [2.05, 4.69) is 5.32 Å². The molecule has 0 fully saturated rings. The zero-order chi connectivity index (χ0) is 22.8. The Morgan fingerprint density at radius 2 is 1.68 bits per heavy atom. The third-order valence-corrected chi connectivity index (χ3v) is 4.17. The molecule has 2 aromatic carbocycles. The van der Waals surface area contributed by atoms with Crippen LogP contribution in [0.4, 0.5) is 10.5 Å². The number of nitro benzene ring substituents is 1. The Kier molecular flexibility index (Phi) is 8.95. The van der Waals surface area contributed by atoms with Crippen molar-refractivity contribution in [2.75, 3.05) is 6.61 Å². The number of benzene rings is 2. The van der Waals surface area contributed by atoms with E-state index < -0.39 is 29.1 Å². The smallest absolute Gasteiger partial charge is 0.413 e. The Balaban J connectivity index is 2.02. The molecule has 2 rings (SSSR count). The number of ether oxygens (including phenoxy) is 3. The second-order valence-corrected chi connectivity index (χ2v) is 7.29. The quantitative estimate of drug-likeness (QED) is 0.345. The van der Waals surface area contributed by atoms with Gasteiger partial charge in [0.15, 0.2) is 6.04 Å². The van der Waals surface area contributed by atoms with E-state index in [-0.39, 0.29) is 24.0 Å².